The van der Waals surface area contributed by atoms with E-state index in [-0.39, 0.29) is 35.7 Å². The molecule has 13 heteroatoms. The lowest BCUT2D eigenvalue weighted by Gasteiger charge is -2.30. The van der Waals surface area contributed by atoms with Gasteiger partial charge in [-0.05, 0) is 97.1 Å². The first-order valence-electron chi connectivity index (χ1n) is 21.3. The summed E-state index contributed by atoms with van der Waals surface area (Å²) in [5, 5.41) is 5.97. The molecule has 2 aromatic carbocycles. The predicted molar refractivity (Wildman–Crippen MR) is 228 cm³/mol. The maximum atomic E-state index is 13.9. The van der Waals surface area contributed by atoms with Crippen LogP contribution in [0.25, 0.3) is 33.6 Å². The number of pyridine rings is 1. The highest BCUT2D eigenvalue weighted by Crippen LogP contribution is 2.56. The minimum atomic E-state index is -0.887. The molecule has 3 fully saturated rings. The summed E-state index contributed by atoms with van der Waals surface area (Å²) in [6.45, 7) is 8.65. The average molecular weight is 813 g/mol. The number of aromatic amines is 2. The number of imidazole rings is 2. The van der Waals surface area contributed by atoms with Gasteiger partial charge in [-0.25, -0.2) is 14.8 Å². The summed E-state index contributed by atoms with van der Waals surface area (Å²) in [6, 6.07) is 17.7. The summed E-state index contributed by atoms with van der Waals surface area (Å²) in [5.41, 5.74) is 8.19. The van der Waals surface area contributed by atoms with Crippen molar-refractivity contribution in [2.75, 3.05) is 20.8 Å². The first kappa shape index (κ1) is 40.9. The topological polar surface area (TPSA) is 167 Å². The highest BCUT2D eigenvalue weighted by atomic mass is 16.5. The Bertz CT molecular complexity index is 2300. The molecule has 0 radical (unpaired) electrons. The Labute approximate surface area is 351 Å². The van der Waals surface area contributed by atoms with Crippen molar-refractivity contribution in [3.05, 3.63) is 102 Å². The molecule has 4 N–H and O–H groups in total. The van der Waals surface area contributed by atoms with E-state index in [1.165, 1.54) is 19.8 Å². The average Bonchev–Trinajstić information content (AvgIpc) is 4.14. The van der Waals surface area contributed by atoms with Gasteiger partial charge in [0.1, 0.15) is 17.7 Å². The van der Waals surface area contributed by atoms with Crippen LogP contribution in [0.2, 0.25) is 0 Å². The van der Waals surface area contributed by atoms with Crippen LogP contribution in [0.5, 0.6) is 0 Å². The normalized spacial score (nSPS) is 22.4. The van der Waals surface area contributed by atoms with Gasteiger partial charge in [-0.3, -0.25) is 14.6 Å². The number of hydrogen-bond donors (Lipinski definition) is 4. The van der Waals surface area contributed by atoms with Gasteiger partial charge in [0, 0.05) is 32.0 Å². The summed E-state index contributed by atoms with van der Waals surface area (Å²) in [7, 11) is 2.77. The van der Waals surface area contributed by atoms with Gasteiger partial charge in [0.2, 0.25) is 11.8 Å². The molecular formula is C47H56N8O5. The van der Waals surface area contributed by atoms with E-state index >= 15 is 0 Å². The van der Waals surface area contributed by atoms with Crippen LogP contribution in [0.3, 0.4) is 0 Å². The summed E-state index contributed by atoms with van der Waals surface area (Å²) in [4.78, 5) is 62.5. The Morgan fingerprint density at radius 1 is 0.750 bits per heavy atom. The number of H-pyrrole nitrogens is 2. The molecule has 13 nitrogen and oxygen atoms in total. The number of likely N-dealkylation sites (tertiary alicyclic amines) is 1. The van der Waals surface area contributed by atoms with Crippen molar-refractivity contribution in [2.45, 2.75) is 95.9 Å². The third-order valence-electron chi connectivity index (χ3n) is 13.2. The summed E-state index contributed by atoms with van der Waals surface area (Å²) >= 11 is 0. The zero-order chi connectivity index (χ0) is 42.1. The smallest absolute Gasteiger partial charge is 0.407 e. The van der Waals surface area contributed by atoms with Gasteiger partial charge in [0.05, 0.1) is 55.0 Å². The number of nitrogens with zero attached hydrogens (tertiary/aromatic N) is 4. The van der Waals surface area contributed by atoms with Crippen molar-refractivity contribution in [1.29, 1.82) is 0 Å². The quantitative estimate of drug-likeness (QED) is 0.0926. The van der Waals surface area contributed by atoms with E-state index < -0.39 is 18.2 Å². The molecule has 8 atom stereocenters. The van der Waals surface area contributed by atoms with E-state index in [0.29, 0.717) is 30.1 Å². The van der Waals surface area contributed by atoms with Crippen molar-refractivity contribution in [3.8, 4) is 33.6 Å². The van der Waals surface area contributed by atoms with Gasteiger partial charge < -0.3 is 35.0 Å². The van der Waals surface area contributed by atoms with Gasteiger partial charge in [-0.1, -0.05) is 68.4 Å². The molecule has 4 heterocycles. The van der Waals surface area contributed by atoms with Crippen LogP contribution in [0, 0.1) is 17.8 Å². The molecule has 8 rings (SSSR count). The highest BCUT2D eigenvalue weighted by Gasteiger charge is 2.52. The molecular weight excluding hydrogens is 757 g/mol. The van der Waals surface area contributed by atoms with E-state index in [1.807, 2.05) is 25.5 Å². The van der Waals surface area contributed by atoms with Gasteiger partial charge in [0.25, 0.3) is 0 Å². The molecule has 60 heavy (non-hydrogen) atoms. The fourth-order valence-electron chi connectivity index (χ4n) is 9.67. The van der Waals surface area contributed by atoms with E-state index in [1.54, 1.807) is 18.0 Å². The Morgan fingerprint density at radius 3 is 1.98 bits per heavy atom. The van der Waals surface area contributed by atoms with Crippen LogP contribution in [0.4, 0.5) is 4.79 Å². The van der Waals surface area contributed by atoms with Gasteiger partial charge in [-0.15, -0.1) is 0 Å². The van der Waals surface area contributed by atoms with Crippen molar-refractivity contribution < 1.29 is 23.9 Å². The largest absolute Gasteiger partial charge is 0.453 e. The number of hydrogen-bond acceptors (Lipinski definition) is 8. The second kappa shape index (κ2) is 17.4. The molecule has 2 bridgehead atoms. The first-order valence-corrected chi connectivity index (χ1v) is 21.3. The standard InChI is InChI=1S/C47H56N8O5/c1-26(2)35-21-36(23-48-22-35)27(3)51-45(56)41-34-18-17-33(20-34)40(41)44-50-25-38(53-44)32-15-11-30(12-16-32)29-9-13-31(14-10-29)37-24-49-43(52-37)39-8-7-19-55(39)46(57)42(28(4)59-5)54-47(58)60-6/h9-16,21-28,33-34,39-42H,7-8,17-20H2,1-6H3,(H,49,52)(H,50,53)(H,51,56)(H,54,58)/t27-,28-,33?,34?,39+,40+,41+,42+/m1/s1. The predicted octanol–water partition coefficient (Wildman–Crippen LogP) is 8.08. The lowest BCUT2D eigenvalue weighted by Crippen LogP contribution is -2.54. The number of carbonyl (C=O) groups excluding carboxylic acids is 3. The highest BCUT2D eigenvalue weighted by molar-refractivity contribution is 5.87. The zero-order valence-electron chi connectivity index (χ0n) is 35.3. The maximum absolute atomic E-state index is 13.9. The van der Waals surface area contributed by atoms with Crippen LogP contribution in [0.1, 0.15) is 106 Å². The van der Waals surface area contributed by atoms with Gasteiger partial charge >= 0.3 is 6.09 Å². The van der Waals surface area contributed by atoms with Gasteiger partial charge in [-0.2, -0.15) is 0 Å². The first-order chi connectivity index (χ1) is 29.0. The number of aromatic nitrogens is 5. The van der Waals surface area contributed by atoms with E-state index in [2.05, 4.69) is 99.0 Å². The molecule has 3 amide bonds. The van der Waals surface area contributed by atoms with Crippen LogP contribution < -0.4 is 10.6 Å². The minimum absolute atomic E-state index is 0.0700. The second-order valence-electron chi connectivity index (χ2n) is 17.1. The molecule has 3 aromatic heterocycles. The van der Waals surface area contributed by atoms with Crippen LogP contribution in [-0.4, -0.2) is 80.6 Å². The molecule has 1 aliphatic heterocycles. The molecule has 3 aliphatic rings. The third-order valence-corrected chi connectivity index (χ3v) is 13.2. The van der Waals surface area contributed by atoms with Crippen molar-refractivity contribution in [2.24, 2.45) is 17.8 Å². The number of fused-ring (bicyclic) bond motifs is 2. The molecule has 0 spiro atoms. The fraction of sp³-hybridized carbons (Fsp3) is 0.447. The Morgan fingerprint density at radius 2 is 1.35 bits per heavy atom. The number of nitrogens with one attached hydrogen (secondary N) is 4. The summed E-state index contributed by atoms with van der Waals surface area (Å²) in [6.07, 6.45) is 11.1. The molecule has 2 saturated carbocycles. The van der Waals surface area contributed by atoms with Crippen molar-refractivity contribution >= 4 is 17.9 Å². The van der Waals surface area contributed by atoms with Crippen LogP contribution in [-0.2, 0) is 19.1 Å². The van der Waals surface area contributed by atoms with Crippen LogP contribution in [0.15, 0.2) is 79.4 Å². The van der Waals surface area contributed by atoms with Crippen molar-refractivity contribution in [3.63, 3.8) is 0 Å². The van der Waals surface area contributed by atoms with E-state index in [4.69, 9.17) is 14.5 Å². The SMILES string of the molecule is COC(=O)N[C@H](C(=O)N1CCC[C@H]1c1ncc(-c2ccc(-c3ccc(-c4cnc([C@H]5C6CCC(C6)[C@@H]5C(=O)N[C@H](C)c5cncc(C(C)C)c5)[nH]4)cc3)cc2)[nH]1)[C@@H](C)OC. The third kappa shape index (κ3) is 8.19. The number of amides is 3. The number of rotatable bonds is 13. The number of alkyl carbamates (subject to hydrolysis) is 1. The Hall–Kier alpha value is -5.82. The van der Waals surface area contributed by atoms with Crippen molar-refractivity contribution in [1.82, 2.24) is 40.5 Å². The second-order valence-corrected chi connectivity index (χ2v) is 17.1. The Balaban J connectivity index is 0.918. The summed E-state index contributed by atoms with van der Waals surface area (Å²) in [5.74, 6) is 2.64. The molecule has 2 aliphatic carbocycles. The molecule has 1 saturated heterocycles. The van der Waals surface area contributed by atoms with Crippen LogP contribution >= 0.6 is 0 Å². The number of carbonyl (C=O) groups is 3. The number of benzene rings is 2. The molecule has 2 unspecified atom stereocenters. The van der Waals surface area contributed by atoms with E-state index in [0.717, 1.165) is 77.1 Å². The fourth-order valence-corrected chi connectivity index (χ4v) is 9.67. The number of ether oxygens (including phenoxy) is 2. The lowest BCUT2D eigenvalue weighted by molar-refractivity contribution is -0.137. The maximum Gasteiger partial charge on any atom is 0.407 e. The monoisotopic (exact) mass is 812 g/mol. The minimum Gasteiger partial charge on any atom is -0.453 e. The lowest BCUT2D eigenvalue weighted by atomic mass is 9.78. The Kier molecular flexibility index (Phi) is 11.9. The molecule has 5 aromatic rings. The zero-order valence-corrected chi connectivity index (χ0v) is 35.3. The summed E-state index contributed by atoms with van der Waals surface area (Å²) < 4.78 is 10.2. The number of methoxy groups -OCH3 is 2. The molecule has 314 valence electrons. The van der Waals surface area contributed by atoms with E-state index in [9.17, 15) is 14.4 Å². The van der Waals surface area contributed by atoms with Gasteiger partial charge in [0.15, 0.2) is 0 Å².